The van der Waals surface area contributed by atoms with E-state index in [2.05, 4.69) is 32.9 Å². The number of esters is 3. The van der Waals surface area contributed by atoms with Gasteiger partial charge in [0.25, 0.3) is 0 Å². The van der Waals surface area contributed by atoms with E-state index in [-0.39, 0.29) is 25.9 Å². The largest absolute Gasteiger partial charge is 0.479 e. The van der Waals surface area contributed by atoms with Crippen molar-refractivity contribution < 1.29 is 58.2 Å². The average molecular weight is 953 g/mol. The first-order valence-corrected chi connectivity index (χ1v) is 27.7. The third-order valence-corrected chi connectivity index (χ3v) is 12.8. The molecule has 12 heteroatoms. The second-order valence-corrected chi connectivity index (χ2v) is 19.2. The number of rotatable bonds is 47. The van der Waals surface area contributed by atoms with E-state index in [1.54, 1.807) is 0 Å². The van der Waals surface area contributed by atoms with Crippen molar-refractivity contribution in [2.24, 2.45) is 0 Å². The predicted octanol–water partition coefficient (Wildman–Crippen LogP) is 13.3. The average Bonchev–Trinajstić information content (AvgIpc) is 3.31. The maximum absolute atomic E-state index is 13.0. The lowest BCUT2D eigenvalue weighted by molar-refractivity contribution is -0.301. The van der Waals surface area contributed by atoms with Gasteiger partial charge in [0.05, 0.1) is 6.61 Å². The molecule has 392 valence electrons. The Hall–Kier alpha value is -2.54. The van der Waals surface area contributed by atoms with E-state index in [1.165, 1.54) is 135 Å². The molecule has 0 aliphatic carbocycles. The molecule has 0 saturated carbocycles. The minimum absolute atomic E-state index is 0.0672. The zero-order chi connectivity index (χ0) is 49.0. The Morgan fingerprint density at radius 2 is 0.851 bits per heavy atom. The highest BCUT2D eigenvalue weighted by Crippen LogP contribution is 2.26. The molecule has 1 saturated heterocycles. The van der Waals surface area contributed by atoms with Gasteiger partial charge in [-0.25, -0.2) is 4.79 Å². The number of carboxylic acid groups (broad SMARTS) is 1. The Morgan fingerprint density at radius 3 is 1.27 bits per heavy atom. The van der Waals surface area contributed by atoms with Crippen LogP contribution in [0.1, 0.15) is 265 Å². The quantitative estimate of drug-likeness (QED) is 0.0228. The Labute approximate surface area is 407 Å². The molecule has 0 amide bonds. The lowest BCUT2D eigenvalue weighted by Gasteiger charge is -2.40. The fourth-order valence-corrected chi connectivity index (χ4v) is 8.54. The lowest BCUT2D eigenvalue weighted by Crippen LogP contribution is -2.61. The van der Waals surface area contributed by atoms with Crippen molar-refractivity contribution in [2.75, 3.05) is 13.2 Å². The molecule has 1 rings (SSSR count). The maximum atomic E-state index is 13.0. The number of ether oxygens (including phenoxy) is 5. The van der Waals surface area contributed by atoms with Crippen molar-refractivity contribution >= 4 is 23.9 Å². The Balaban J connectivity index is 2.66. The van der Waals surface area contributed by atoms with E-state index >= 15 is 0 Å². The van der Waals surface area contributed by atoms with Crippen LogP contribution in [0, 0.1) is 0 Å². The molecule has 0 aromatic rings. The Bertz CT molecular complexity index is 1230. The number of carboxylic acids is 1. The molecular formula is C55H100O12. The number of unbranched alkanes of at least 4 members (excludes halogenated alkanes) is 31. The third kappa shape index (κ3) is 35.3. The van der Waals surface area contributed by atoms with Crippen molar-refractivity contribution in [2.45, 2.75) is 302 Å². The summed E-state index contributed by atoms with van der Waals surface area (Å²) < 4.78 is 28.3. The zero-order valence-electron chi connectivity index (χ0n) is 42.9. The highest BCUT2D eigenvalue weighted by molar-refractivity contribution is 5.74. The molecule has 0 spiro atoms. The van der Waals surface area contributed by atoms with Crippen molar-refractivity contribution in [3.05, 3.63) is 12.2 Å². The van der Waals surface area contributed by atoms with Crippen LogP contribution < -0.4 is 0 Å². The zero-order valence-corrected chi connectivity index (χ0v) is 42.9. The van der Waals surface area contributed by atoms with Crippen LogP contribution in [0.25, 0.3) is 0 Å². The molecule has 6 atom stereocenters. The van der Waals surface area contributed by atoms with E-state index in [1.807, 2.05) is 0 Å². The number of aliphatic hydroxyl groups is 2. The van der Waals surface area contributed by atoms with Crippen LogP contribution in [-0.4, -0.2) is 89.2 Å². The van der Waals surface area contributed by atoms with Crippen LogP contribution in [0.5, 0.6) is 0 Å². The molecular weight excluding hydrogens is 853 g/mol. The van der Waals surface area contributed by atoms with Gasteiger partial charge in [-0.3, -0.25) is 14.4 Å². The summed E-state index contributed by atoms with van der Waals surface area (Å²) in [5.74, 6) is -3.10. The molecule has 1 heterocycles. The van der Waals surface area contributed by atoms with Gasteiger partial charge in [0.2, 0.25) is 0 Å². The van der Waals surface area contributed by atoms with Crippen LogP contribution in [0.15, 0.2) is 12.2 Å². The maximum Gasteiger partial charge on any atom is 0.335 e. The standard InChI is InChI=1S/C55H100O12/c1-4-7-10-13-16-19-21-22-23-24-25-26-28-30-32-35-38-41-47(56)63-44-46(65-48(57)42-39-36-33-29-18-15-12-9-6-3)45-64-55-53(51(60)50(59)52(67-55)54(61)62)66-49(58)43-40-37-34-31-27-20-17-14-11-8-5-2/h22-23,46,50-53,55,59-60H,4-21,24-45H2,1-3H3,(H,61,62)/b23-22-. The molecule has 1 aliphatic heterocycles. The summed E-state index contributed by atoms with van der Waals surface area (Å²) in [5.41, 5.74) is 0. The minimum atomic E-state index is -1.89. The van der Waals surface area contributed by atoms with Gasteiger partial charge in [-0.15, -0.1) is 0 Å². The summed E-state index contributed by atoms with van der Waals surface area (Å²) in [6.07, 6.45) is 34.9. The van der Waals surface area contributed by atoms with E-state index in [4.69, 9.17) is 23.7 Å². The van der Waals surface area contributed by atoms with Gasteiger partial charge in [-0.05, 0) is 44.9 Å². The lowest BCUT2D eigenvalue weighted by atomic mass is 9.98. The first-order chi connectivity index (χ1) is 32.6. The normalized spacial score (nSPS) is 18.9. The molecule has 6 unspecified atom stereocenters. The topological polar surface area (TPSA) is 175 Å². The van der Waals surface area contributed by atoms with Crippen LogP contribution >= 0.6 is 0 Å². The molecule has 0 bridgehead atoms. The SMILES string of the molecule is CCCCCCCC/C=C\CCCCCCCCCC(=O)OCC(COC1OC(C(=O)O)C(O)C(O)C1OC(=O)CCCCCCCCCCCCC)OC(=O)CCCCCCCCCCC. The summed E-state index contributed by atoms with van der Waals surface area (Å²) in [7, 11) is 0. The summed E-state index contributed by atoms with van der Waals surface area (Å²) >= 11 is 0. The van der Waals surface area contributed by atoms with Gasteiger partial charge in [0, 0.05) is 19.3 Å². The van der Waals surface area contributed by atoms with Gasteiger partial charge in [0.1, 0.15) is 18.8 Å². The highest BCUT2D eigenvalue weighted by Gasteiger charge is 2.50. The van der Waals surface area contributed by atoms with Crippen LogP contribution in [0.4, 0.5) is 0 Å². The molecule has 0 radical (unpaired) electrons. The monoisotopic (exact) mass is 953 g/mol. The number of allylic oxidation sites excluding steroid dienone is 2. The van der Waals surface area contributed by atoms with Crippen molar-refractivity contribution in [1.29, 1.82) is 0 Å². The predicted molar refractivity (Wildman–Crippen MR) is 267 cm³/mol. The number of hydrogen-bond donors (Lipinski definition) is 3. The number of aliphatic hydroxyl groups excluding tert-OH is 2. The van der Waals surface area contributed by atoms with Crippen molar-refractivity contribution in [3.8, 4) is 0 Å². The van der Waals surface area contributed by atoms with Gasteiger partial charge in [0.15, 0.2) is 24.6 Å². The fraction of sp³-hybridized carbons (Fsp3) is 0.891. The first kappa shape index (κ1) is 62.5. The molecule has 0 aromatic carbocycles. The molecule has 3 N–H and O–H groups in total. The number of carbonyl (C=O) groups excluding carboxylic acids is 3. The van der Waals surface area contributed by atoms with Crippen LogP contribution in [-0.2, 0) is 42.9 Å². The Morgan fingerprint density at radius 1 is 0.478 bits per heavy atom. The molecule has 67 heavy (non-hydrogen) atoms. The summed E-state index contributed by atoms with van der Waals surface area (Å²) in [6, 6.07) is 0. The minimum Gasteiger partial charge on any atom is -0.479 e. The molecule has 12 nitrogen and oxygen atoms in total. The number of carbonyl (C=O) groups is 4. The fourth-order valence-electron chi connectivity index (χ4n) is 8.54. The number of aliphatic carboxylic acids is 1. The summed E-state index contributed by atoms with van der Waals surface area (Å²) in [6.45, 7) is 5.95. The van der Waals surface area contributed by atoms with E-state index in [0.29, 0.717) is 19.3 Å². The van der Waals surface area contributed by atoms with Gasteiger partial charge in [-0.2, -0.15) is 0 Å². The highest BCUT2D eigenvalue weighted by atomic mass is 16.7. The molecule has 0 aromatic heterocycles. The van der Waals surface area contributed by atoms with Crippen LogP contribution in [0.2, 0.25) is 0 Å². The van der Waals surface area contributed by atoms with E-state index < -0.39 is 67.3 Å². The van der Waals surface area contributed by atoms with Gasteiger partial charge in [-0.1, -0.05) is 213 Å². The summed E-state index contributed by atoms with van der Waals surface area (Å²) in [4.78, 5) is 50.8. The van der Waals surface area contributed by atoms with E-state index in [0.717, 1.165) is 70.6 Å². The summed E-state index contributed by atoms with van der Waals surface area (Å²) in [5, 5.41) is 31.3. The molecule has 1 fully saturated rings. The van der Waals surface area contributed by atoms with Gasteiger partial charge < -0.3 is 39.0 Å². The second-order valence-electron chi connectivity index (χ2n) is 19.2. The molecule has 1 aliphatic rings. The van der Waals surface area contributed by atoms with E-state index in [9.17, 15) is 34.5 Å². The smallest absolute Gasteiger partial charge is 0.335 e. The second kappa shape index (κ2) is 44.7. The van der Waals surface area contributed by atoms with Crippen LogP contribution in [0.3, 0.4) is 0 Å². The first-order valence-electron chi connectivity index (χ1n) is 27.7. The van der Waals surface area contributed by atoms with Gasteiger partial charge >= 0.3 is 23.9 Å². The number of hydrogen-bond acceptors (Lipinski definition) is 11. The third-order valence-electron chi connectivity index (χ3n) is 12.8. The van der Waals surface area contributed by atoms with Crippen molar-refractivity contribution in [1.82, 2.24) is 0 Å². The Kier molecular flexibility index (Phi) is 41.6. The van der Waals surface area contributed by atoms with Crippen molar-refractivity contribution in [3.63, 3.8) is 0 Å².